The second kappa shape index (κ2) is 5.39. The minimum atomic E-state index is -0.744. The van der Waals surface area contributed by atoms with E-state index in [9.17, 15) is 14.9 Å². The van der Waals surface area contributed by atoms with Crippen LogP contribution in [0.5, 0.6) is 0 Å². The van der Waals surface area contributed by atoms with Gasteiger partial charge in [-0.15, -0.1) is 0 Å². The van der Waals surface area contributed by atoms with E-state index in [-0.39, 0.29) is 23.0 Å². The molecular formula is C12H15NO3. The smallest absolute Gasteiger partial charge is 0.217 e. The van der Waals surface area contributed by atoms with Crippen LogP contribution in [0.15, 0.2) is 30.3 Å². The average molecular weight is 221 g/mol. The Morgan fingerprint density at radius 2 is 1.94 bits per heavy atom. The van der Waals surface area contributed by atoms with Crippen molar-refractivity contribution in [3.8, 4) is 0 Å². The summed E-state index contributed by atoms with van der Waals surface area (Å²) in [6.07, 6.45) is 0.214. The highest BCUT2D eigenvalue weighted by atomic mass is 16.6. The lowest BCUT2D eigenvalue weighted by Crippen LogP contribution is -2.25. The van der Waals surface area contributed by atoms with Crippen LogP contribution in [-0.4, -0.2) is 16.7 Å². The largest absolute Gasteiger partial charge is 0.300 e. The van der Waals surface area contributed by atoms with E-state index in [4.69, 9.17) is 0 Å². The molecule has 1 rings (SSSR count). The van der Waals surface area contributed by atoms with Gasteiger partial charge in [-0.25, -0.2) is 0 Å². The summed E-state index contributed by atoms with van der Waals surface area (Å²) in [7, 11) is 0. The Kier molecular flexibility index (Phi) is 4.17. The third-order valence-corrected chi connectivity index (χ3v) is 2.65. The quantitative estimate of drug-likeness (QED) is 0.566. The highest BCUT2D eigenvalue weighted by molar-refractivity contribution is 5.76. The van der Waals surface area contributed by atoms with Crippen molar-refractivity contribution >= 4 is 5.78 Å². The Hall–Kier alpha value is -1.71. The molecule has 0 radical (unpaired) electrons. The summed E-state index contributed by atoms with van der Waals surface area (Å²) < 4.78 is 0. The Bertz CT molecular complexity index is 375. The summed E-state index contributed by atoms with van der Waals surface area (Å²) in [5.74, 6) is -0.365. The molecule has 0 saturated heterocycles. The Labute approximate surface area is 94.4 Å². The van der Waals surface area contributed by atoms with Gasteiger partial charge in [-0.05, 0) is 12.5 Å². The monoisotopic (exact) mass is 221 g/mol. The van der Waals surface area contributed by atoms with Crippen molar-refractivity contribution in [3.05, 3.63) is 46.0 Å². The van der Waals surface area contributed by atoms with E-state index < -0.39 is 6.04 Å². The summed E-state index contributed by atoms with van der Waals surface area (Å²) in [5, 5.41) is 10.8. The van der Waals surface area contributed by atoms with E-state index in [1.54, 1.807) is 6.92 Å². The molecule has 1 aromatic carbocycles. The van der Waals surface area contributed by atoms with Gasteiger partial charge in [0.15, 0.2) is 0 Å². The first-order valence-corrected chi connectivity index (χ1v) is 5.20. The highest BCUT2D eigenvalue weighted by Gasteiger charge is 2.28. The Morgan fingerprint density at radius 3 is 2.38 bits per heavy atom. The van der Waals surface area contributed by atoms with Gasteiger partial charge in [0, 0.05) is 18.3 Å². The average Bonchev–Trinajstić information content (AvgIpc) is 2.26. The third-order valence-electron chi connectivity index (χ3n) is 2.65. The number of carbonyl (C=O) groups is 1. The zero-order chi connectivity index (χ0) is 12.1. The molecule has 4 heteroatoms. The number of carbonyl (C=O) groups excluding carboxylic acids is 1. The lowest BCUT2D eigenvalue weighted by molar-refractivity contribution is -0.522. The van der Waals surface area contributed by atoms with Gasteiger partial charge in [-0.1, -0.05) is 30.3 Å². The van der Waals surface area contributed by atoms with Gasteiger partial charge in [-0.2, -0.15) is 0 Å². The van der Waals surface area contributed by atoms with Gasteiger partial charge in [-0.3, -0.25) is 10.1 Å². The summed E-state index contributed by atoms with van der Waals surface area (Å²) in [5.41, 5.74) is 0.849. The van der Waals surface area contributed by atoms with Crippen LogP contribution < -0.4 is 0 Å². The number of nitrogens with zero attached hydrogens (tertiary/aromatic N) is 1. The lowest BCUT2D eigenvalue weighted by Gasteiger charge is -2.17. The second-order valence-corrected chi connectivity index (χ2v) is 3.95. The van der Waals surface area contributed by atoms with Crippen LogP contribution in [0.1, 0.15) is 31.7 Å². The number of rotatable bonds is 5. The van der Waals surface area contributed by atoms with E-state index in [2.05, 4.69) is 0 Å². The van der Waals surface area contributed by atoms with Crippen molar-refractivity contribution in [1.82, 2.24) is 0 Å². The van der Waals surface area contributed by atoms with Gasteiger partial charge < -0.3 is 4.79 Å². The van der Waals surface area contributed by atoms with Crippen LogP contribution in [0.4, 0.5) is 0 Å². The third kappa shape index (κ3) is 3.15. The van der Waals surface area contributed by atoms with Crippen LogP contribution in [0.3, 0.4) is 0 Å². The fraction of sp³-hybridized carbons (Fsp3) is 0.417. The van der Waals surface area contributed by atoms with Gasteiger partial charge in [0.2, 0.25) is 6.04 Å². The van der Waals surface area contributed by atoms with Crippen molar-refractivity contribution in [2.24, 2.45) is 0 Å². The highest BCUT2D eigenvalue weighted by Crippen LogP contribution is 2.25. The van der Waals surface area contributed by atoms with E-state index >= 15 is 0 Å². The predicted octanol–water partition coefficient (Wildman–Crippen LogP) is 2.41. The first kappa shape index (κ1) is 12.4. The van der Waals surface area contributed by atoms with Gasteiger partial charge >= 0.3 is 0 Å². The van der Waals surface area contributed by atoms with E-state index in [1.165, 1.54) is 6.92 Å². The molecule has 0 fully saturated rings. The molecule has 4 nitrogen and oxygen atoms in total. The van der Waals surface area contributed by atoms with Crippen molar-refractivity contribution in [3.63, 3.8) is 0 Å². The fourth-order valence-corrected chi connectivity index (χ4v) is 1.72. The molecule has 0 aliphatic rings. The molecule has 0 amide bonds. The number of Topliss-reactive ketones (excluding diaryl/α,β-unsaturated/α-hetero) is 1. The number of hydrogen-bond acceptors (Lipinski definition) is 3. The molecule has 0 unspecified atom stereocenters. The van der Waals surface area contributed by atoms with E-state index in [1.807, 2.05) is 30.3 Å². The molecule has 0 N–H and O–H groups in total. The molecule has 0 aliphatic carbocycles. The molecule has 1 aromatic rings. The first-order chi connectivity index (χ1) is 7.52. The topological polar surface area (TPSA) is 60.2 Å². The van der Waals surface area contributed by atoms with Crippen molar-refractivity contribution in [2.75, 3.05) is 0 Å². The summed E-state index contributed by atoms with van der Waals surface area (Å²) in [4.78, 5) is 21.6. The van der Waals surface area contributed by atoms with Crippen LogP contribution >= 0.6 is 0 Å². The molecule has 0 bridgehead atoms. The molecule has 0 aromatic heterocycles. The Morgan fingerprint density at radius 1 is 1.38 bits per heavy atom. The predicted molar refractivity (Wildman–Crippen MR) is 60.9 cm³/mol. The Balaban J connectivity index is 2.96. The molecular weight excluding hydrogens is 206 g/mol. The molecule has 0 aliphatic heterocycles. The number of benzene rings is 1. The zero-order valence-corrected chi connectivity index (χ0v) is 9.42. The van der Waals surface area contributed by atoms with Gasteiger partial charge in [0.25, 0.3) is 0 Å². The van der Waals surface area contributed by atoms with Crippen LogP contribution in [-0.2, 0) is 4.79 Å². The maximum atomic E-state index is 11.1. The molecule has 0 saturated carbocycles. The summed E-state index contributed by atoms with van der Waals surface area (Å²) in [6, 6.07) is 8.42. The fourth-order valence-electron chi connectivity index (χ4n) is 1.72. The molecule has 0 spiro atoms. The minimum absolute atomic E-state index is 0.0254. The van der Waals surface area contributed by atoms with Crippen LogP contribution in [0.25, 0.3) is 0 Å². The van der Waals surface area contributed by atoms with Crippen molar-refractivity contribution in [2.45, 2.75) is 32.2 Å². The number of nitro groups is 1. The first-order valence-electron chi connectivity index (χ1n) is 5.20. The maximum Gasteiger partial charge on any atom is 0.217 e. The van der Waals surface area contributed by atoms with Crippen molar-refractivity contribution in [1.29, 1.82) is 0 Å². The molecule has 86 valence electrons. The van der Waals surface area contributed by atoms with E-state index in [0.29, 0.717) is 0 Å². The standard InChI is InChI=1S/C12H15NO3/c1-9(14)8-12(10(2)13(15)16)11-6-4-3-5-7-11/h3-7,10,12H,8H2,1-2H3/t10-,12+/m0/s1. The maximum absolute atomic E-state index is 11.1. The normalized spacial score (nSPS) is 14.1. The summed E-state index contributed by atoms with van der Waals surface area (Å²) in [6.45, 7) is 3.00. The second-order valence-electron chi connectivity index (χ2n) is 3.95. The van der Waals surface area contributed by atoms with Crippen LogP contribution in [0.2, 0.25) is 0 Å². The van der Waals surface area contributed by atoms with E-state index in [0.717, 1.165) is 5.56 Å². The number of hydrogen-bond donors (Lipinski definition) is 0. The van der Waals surface area contributed by atoms with Gasteiger partial charge in [0.1, 0.15) is 5.78 Å². The SMILES string of the molecule is CC(=O)C[C@@H](c1ccccc1)[C@H](C)[N+](=O)[O-]. The van der Waals surface area contributed by atoms with Gasteiger partial charge in [0.05, 0.1) is 5.92 Å². The zero-order valence-electron chi connectivity index (χ0n) is 9.42. The van der Waals surface area contributed by atoms with Crippen LogP contribution in [0, 0.1) is 10.1 Å². The number of ketones is 1. The van der Waals surface area contributed by atoms with Crippen molar-refractivity contribution < 1.29 is 9.72 Å². The molecule has 2 atom stereocenters. The lowest BCUT2D eigenvalue weighted by atomic mass is 9.88. The molecule has 0 heterocycles. The molecule has 16 heavy (non-hydrogen) atoms. The summed E-state index contributed by atoms with van der Waals surface area (Å²) >= 11 is 0. The minimum Gasteiger partial charge on any atom is -0.300 e.